The molecule has 114 valence electrons. The molecule has 0 aliphatic rings. The molecule has 0 fully saturated rings. The van der Waals surface area contributed by atoms with Gasteiger partial charge in [0.05, 0.1) is 0 Å². The van der Waals surface area contributed by atoms with Gasteiger partial charge < -0.3 is 4.42 Å². The molecule has 1 aromatic heterocycles. The maximum atomic E-state index is 12.3. The number of carbonyl (C=O) groups is 1. The van der Waals surface area contributed by atoms with E-state index in [0.717, 1.165) is 15.8 Å². The minimum atomic E-state index is -0.615. The average molecular weight is 322 g/mol. The highest BCUT2D eigenvalue weighted by Crippen LogP contribution is 2.16. The van der Waals surface area contributed by atoms with E-state index < -0.39 is 5.63 Å². The van der Waals surface area contributed by atoms with Crippen LogP contribution in [0.2, 0.25) is 0 Å². The van der Waals surface area contributed by atoms with Crippen molar-refractivity contribution in [2.75, 3.05) is 6.26 Å². The molecule has 3 nitrogen and oxygen atoms in total. The van der Waals surface area contributed by atoms with Gasteiger partial charge in [-0.1, -0.05) is 36.4 Å². The van der Waals surface area contributed by atoms with Gasteiger partial charge in [0, 0.05) is 10.3 Å². The lowest BCUT2D eigenvalue weighted by Crippen LogP contribution is -2.11. The molecule has 0 atom stereocenters. The summed E-state index contributed by atoms with van der Waals surface area (Å²) in [4.78, 5) is 25.4. The SMILES string of the molecule is CSc1ccc(C=CC(=O)c2cc3ccccc3oc2=O)cc1. The Morgan fingerprint density at radius 3 is 2.57 bits per heavy atom. The number of benzene rings is 2. The molecule has 0 saturated heterocycles. The van der Waals surface area contributed by atoms with Crippen molar-refractivity contribution in [2.45, 2.75) is 4.90 Å². The van der Waals surface area contributed by atoms with Crippen LogP contribution in [0.15, 0.2) is 74.8 Å². The maximum Gasteiger partial charge on any atom is 0.347 e. The molecule has 23 heavy (non-hydrogen) atoms. The van der Waals surface area contributed by atoms with Crippen LogP contribution in [0.4, 0.5) is 0 Å². The second-order valence-electron chi connectivity index (χ2n) is 4.96. The Balaban J connectivity index is 1.89. The second kappa shape index (κ2) is 6.67. The first-order chi connectivity index (χ1) is 11.2. The predicted octanol–water partition coefficient (Wildman–Crippen LogP) is 4.41. The van der Waals surface area contributed by atoms with E-state index in [2.05, 4.69) is 0 Å². The van der Waals surface area contributed by atoms with Crippen LogP contribution < -0.4 is 5.63 Å². The zero-order valence-electron chi connectivity index (χ0n) is 12.5. The quantitative estimate of drug-likeness (QED) is 0.309. The Hall–Kier alpha value is -2.59. The molecule has 3 rings (SSSR count). The number of ketones is 1. The highest BCUT2D eigenvalue weighted by molar-refractivity contribution is 7.98. The van der Waals surface area contributed by atoms with Crippen LogP contribution in [0.25, 0.3) is 17.0 Å². The van der Waals surface area contributed by atoms with E-state index in [1.54, 1.807) is 42.1 Å². The number of allylic oxidation sites excluding steroid dienone is 1. The molecule has 0 amide bonds. The summed E-state index contributed by atoms with van der Waals surface area (Å²) in [5.74, 6) is -0.363. The third-order valence-corrected chi connectivity index (χ3v) is 4.19. The molecule has 4 heteroatoms. The van der Waals surface area contributed by atoms with Crippen molar-refractivity contribution in [3.8, 4) is 0 Å². The lowest BCUT2D eigenvalue weighted by molar-refractivity contribution is 0.104. The molecule has 0 N–H and O–H groups in total. The lowest BCUT2D eigenvalue weighted by atomic mass is 10.1. The summed E-state index contributed by atoms with van der Waals surface area (Å²) in [5, 5.41) is 0.730. The molecule has 3 aromatic rings. The topological polar surface area (TPSA) is 47.3 Å². The Morgan fingerprint density at radius 2 is 1.83 bits per heavy atom. The summed E-state index contributed by atoms with van der Waals surface area (Å²) >= 11 is 1.66. The maximum absolute atomic E-state index is 12.3. The lowest BCUT2D eigenvalue weighted by Gasteiger charge is -1.99. The average Bonchev–Trinajstić information content (AvgIpc) is 2.59. The Labute approximate surface area is 137 Å². The van der Waals surface area contributed by atoms with E-state index in [-0.39, 0.29) is 11.3 Å². The van der Waals surface area contributed by atoms with Gasteiger partial charge in [-0.3, -0.25) is 4.79 Å². The molecule has 0 aliphatic carbocycles. The van der Waals surface area contributed by atoms with Gasteiger partial charge in [-0.2, -0.15) is 0 Å². The van der Waals surface area contributed by atoms with E-state index in [0.29, 0.717) is 5.58 Å². The molecule has 0 radical (unpaired) electrons. The summed E-state index contributed by atoms with van der Waals surface area (Å²) in [7, 11) is 0. The standard InChI is InChI=1S/C19H14O3S/c1-23-15-9-6-13(7-10-15)8-11-17(20)16-12-14-4-2-3-5-18(14)22-19(16)21/h2-12H,1H3. The highest BCUT2D eigenvalue weighted by Gasteiger charge is 2.10. The number of fused-ring (bicyclic) bond motifs is 1. The Bertz CT molecular complexity index is 937. The van der Waals surface area contributed by atoms with Gasteiger partial charge in [0.25, 0.3) is 0 Å². The van der Waals surface area contributed by atoms with Crippen LogP contribution in [0, 0.1) is 0 Å². The van der Waals surface area contributed by atoms with Gasteiger partial charge in [-0.25, -0.2) is 4.79 Å². The summed E-state index contributed by atoms with van der Waals surface area (Å²) in [6.45, 7) is 0. The zero-order chi connectivity index (χ0) is 16.2. The van der Waals surface area contributed by atoms with Gasteiger partial charge >= 0.3 is 5.63 Å². The van der Waals surface area contributed by atoms with Crippen molar-refractivity contribution in [2.24, 2.45) is 0 Å². The molecule has 2 aromatic carbocycles. The molecular weight excluding hydrogens is 308 g/mol. The van der Waals surface area contributed by atoms with Crippen LogP contribution in [-0.2, 0) is 0 Å². The van der Waals surface area contributed by atoms with Gasteiger partial charge in [0.15, 0.2) is 5.78 Å². The summed E-state index contributed by atoms with van der Waals surface area (Å²) in [6, 6.07) is 16.5. The fourth-order valence-corrected chi connectivity index (χ4v) is 2.62. The zero-order valence-corrected chi connectivity index (χ0v) is 13.3. The van der Waals surface area contributed by atoms with E-state index in [1.165, 1.54) is 6.08 Å². The van der Waals surface area contributed by atoms with Crippen molar-refractivity contribution in [1.29, 1.82) is 0 Å². The third-order valence-electron chi connectivity index (χ3n) is 3.45. The van der Waals surface area contributed by atoms with Crippen molar-refractivity contribution >= 4 is 34.6 Å². The molecular formula is C19H14O3S. The molecule has 0 bridgehead atoms. The summed E-state index contributed by atoms with van der Waals surface area (Å²) in [6.07, 6.45) is 5.10. The first-order valence-electron chi connectivity index (χ1n) is 7.07. The molecule has 0 unspecified atom stereocenters. The van der Waals surface area contributed by atoms with Crippen molar-refractivity contribution < 1.29 is 9.21 Å². The van der Waals surface area contributed by atoms with Crippen LogP contribution in [0.3, 0.4) is 0 Å². The normalized spacial score (nSPS) is 11.2. The van der Waals surface area contributed by atoms with Crippen LogP contribution in [-0.4, -0.2) is 12.0 Å². The van der Waals surface area contributed by atoms with Gasteiger partial charge in [-0.15, -0.1) is 11.8 Å². The van der Waals surface area contributed by atoms with Crippen molar-refractivity contribution in [1.82, 2.24) is 0 Å². The highest BCUT2D eigenvalue weighted by atomic mass is 32.2. The first-order valence-corrected chi connectivity index (χ1v) is 8.29. The largest absolute Gasteiger partial charge is 0.422 e. The smallest absolute Gasteiger partial charge is 0.347 e. The van der Waals surface area contributed by atoms with E-state index >= 15 is 0 Å². The monoisotopic (exact) mass is 322 g/mol. The minimum Gasteiger partial charge on any atom is -0.422 e. The number of rotatable bonds is 4. The fraction of sp³-hybridized carbons (Fsp3) is 0.0526. The summed E-state index contributed by atoms with van der Waals surface area (Å²) < 4.78 is 5.18. The van der Waals surface area contributed by atoms with E-state index in [1.807, 2.05) is 36.6 Å². The first kappa shape index (κ1) is 15.3. The van der Waals surface area contributed by atoms with Crippen LogP contribution >= 0.6 is 11.8 Å². The van der Waals surface area contributed by atoms with Crippen molar-refractivity contribution in [3.05, 3.63) is 82.2 Å². The fourth-order valence-electron chi connectivity index (χ4n) is 2.21. The van der Waals surface area contributed by atoms with E-state index in [9.17, 15) is 9.59 Å². The Kier molecular flexibility index (Phi) is 4.44. The van der Waals surface area contributed by atoms with E-state index in [4.69, 9.17) is 4.42 Å². The second-order valence-corrected chi connectivity index (χ2v) is 5.84. The number of thioether (sulfide) groups is 1. The van der Waals surface area contributed by atoms with Gasteiger partial charge in [0.1, 0.15) is 11.1 Å². The van der Waals surface area contributed by atoms with Crippen LogP contribution in [0.1, 0.15) is 15.9 Å². The predicted molar refractivity (Wildman–Crippen MR) is 94.1 cm³/mol. The van der Waals surface area contributed by atoms with Gasteiger partial charge in [0.2, 0.25) is 0 Å². The number of hydrogen-bond acceptors (Lipinski definition) is 4. The number of para-hydroxylation sites is 1. The number of hydrogen-bond donors (Lipinski definition) is 0. The molecule has 1 heterocycles. The van der Waals surface area contributed by atoms with Crippen LogP contribution in [0.5, 0.6) is 0 Å². The molecule has 0 saturated carbocycles. The molecule has 0 aliphatic heterocycles. The van der Waals surface area contributed by atoms with Gasteiger partial charge in [-0.05, 0) is 42.2 Å². The number of carbonyl (C=O) groups excluding carboxylic acids is 1. The summed E-state index contributed by atoms with van der Waals surface area (Å²) in [5.41, 5.74) is 0.809. The minimum absolute atomic E-state index is 0.0423. The Morgan fingerprint density at radius 1 is 1.09 bits per heavy atom. The third kappa shape index (κ3) is 3.43. The molecule has 0 spiro atoms. The van der Waals surface area contributed by atoms with Crippen molar-refractivity contribution in [3.63, 3.8) is 0 Å².